The molecular formula is C20H34. The molecule has 0 N–H and O–H groups in total. The van der Waals surface area contributed by atoms with E-state index < -0.39 is 0 Å². The van der Waals surface area contributed by atoms with Gasteiger partial charge in [-0.15, -0.1) is 0 Å². The molecular weight excluding hydrogens is 240 g/mol. The van der Waals surface area contributed by atoms with E-state index in [-0.39, 0.29) is 0 Å². The van der Waals surface area contributed by atoms with E-state index in [2.05, 4.69) is 52.0 Å². The predicted molar refractivity (Wildman–Crippen MR) is 91.4 cm³/mol. The Labute approximate surface area is 127 Å². The summed E-state index contributed by atoms with van der Waals surface area (Å²) in [5.41, 5.74) is 2.87. The highest BCUT2D eigenvalue weighted by atomic mass is 14.1. The molecule has 1 aromatic rings. The maximum atomic E-state index is 2.38. The fourth-order valence-corrected chi connectivity index (χ4v) is 3.19. The molecule has 1 aromatic carbocycles. The smallest absolute Gasteiger partial charge is 0.0190 e. The van der Waals surface area contributed by atoms with Crippen molar-refractivity contribution in [3.05, 3.63) is 35.4 Å². The molecule has 0 aliphatic rings. The van der Waals surface area contributed by atoms with Crippen molar-refractivity contribution in [1.82, 2.24) is 0 Å². The van der Waals surface area contributed by atoms with Gasteiger partial charge in [-0.05, 0) is 30.7 Å². The molecule has 0 saturated carbocycles. The minimum atomic E-state index is 0.714. The van der Waals surface area contributed by atoms with Crippen LogP contribution in [0.1, 0.15) is 89.2 Å². The van der Waals surface area contributed by atoms with Gasteiger partial charge < -0.3 is 0 Å². The van der Waals surface area contributed by atoms with Crippen molar-refractivity contribution < 1.29 is 0 Å². The van der Waals surface area contributed by atoms with Gasteiger partial charge in [0.15, 0.2) is 0 Å². The van der Waals surface area contributed by atoms with Crippen LogP contribution in [0.5, 0.6) is 0 Å². The van der Waals surface area contributed by atoms with Gasteiger partial charge in [0.25, 0.3) is 0 Å². The number of aryl methyl sites for hydroxylation is 1. The highest BCUT2D eigenvalue weighted by molar-refractivity contribution is 5.23. The molecule has 0 amide bonds. The van der Waals surface area contributed by atoms with E-state index in [0.29, 0.717) is 5.92 Å². The first-order chi connectivity index (χ1) is 9.67. The second-order valence-corrected chi connectivity index (χ2v) is 6.54. The molecule has 0 aromatic heterocycles. The minimum absolute atomic E-state index is 0.714. The van der Waals surface area contributed by atoms with Crippen LogP contribution in [0.2, 0.25) is 0 Å². The van der Waals surface area contributed by atoms with Crippen LogP contribution in [0.25, 0.3) is 0 Å². The van der Waals surface area contributed by atoms with Crippen molar-refractivity contribution in [2.24, 2.45) is 5.92 Å². The zero-order chi connectivity index (χ0) is 14.8. The molecule has 0 bridgehead atoms. The van der Waals surface area contributed by atoms with Crippen LogP contribution in [0.4, 0.5) is 0 Å². The lowest BCUT2D eigenvalue weighted by Crippen LogP contribution is -2.00. The highest BCUT2D eigenvalue weighted by Crippen LogP contribution is 2.25. The SMILES string of the molecule is CCCC(CCC)CCCCC(C)c1ccc(C)cc1. The molecule has 1 unspecified atom stereocenters. The lowest BCUT2D eigenvalue weighted by Gasteiger charge is -2.16. The maximum Gasteiger partial charge on any atom is -0.0190 e. The zero-order valence-electron chi connectivity index (χ0n) is 14.1. The first kappa shape index (κ1) is 17.3. The fourth-order valence-electron chi connectivity index (χ4n) is 3.19. The van der Waals surface area contributed by atoms with Gasteiger partial charge in [-0.1, -0.05) is 95.5 Å². The lowest BCUT2D eigenvalue weighted by molar-refractivity contribution is 0.389. The van der Waals surface area contributed by atoms with E-state index in [1.54, 1.807) is 0 Å². The average Bonchev–Trinajstić information content (AvgIpc) is 2.44. The van der Waals surface area contributed by atoms with Crippen molar-refractivity contribution in [3.8, 4) is 0 Å². The Kier molecular flexibility index (Phi) is 8.65. The molecule has 0 spiro atoms. The first-order valence-electron chi connectivity index (χ1n) is 8.73. The third kappa shape index (κ3) is 6.59. The summed E-state index contributed by atoms with van der Waals surface area (Å²) < 4.78 is 0. The predicted octanol–water partition coefficient (Wildman–Crippen LogP) is 6.88. The van der Waals surface area contributed by atoms with Gasteiger partial charge in [-0.25, -0.2) is 0 Å². The molecule has 0 heteroatoms. The van der Waals surface area contributed by atoms with Crippen molar-refractivity contribution in [2.45, 2.75) is 85.0 Å². The van der Waals surface area contributed by atoms with E-state index in [0.717, 1.165) is 5.92 Å². The topological polar surface area (TPSA) is 0 Å². The van der Waals surface area contributed by atoms with Crippen molar-refractivity contribution in [1.29, 1.82) is 0 Å². The Hall–Kier alpha value is -0.780. The van der Waals surface area contributed by atoms with Gasteiger partial charge in [-0.3, -0.25) is 0 Å². The van der Waals surface area contributed by atoms with Crippen LogP contribution in [0.3, 0.4) is 0 Å². The summed E-state index contributed by atoms with van der Waals surface area (Å²) in [6.07, 6.45) is 11.2. The van der Waals surface area contributed by atoms with Crippen LogP contribution < -0.4 is 0 Å². The van der Waals surface area contributed by atoms with Crippen LogP contribution in [0, 0.1) is 12.8 Å². The highest BCUT2D eigenvalue weighted by Gasteiger charge is 2.08. The van der Waals surface area contributed by atoms with Gasteiger partial charge in [0.2, 0.25) is 0 Å². The largest absolute Gasteiger partial charge is 0.0654 e. The van der Waals surface area contributed by atoms with Crippen molar-refractivity contribution >= 4 is 0 Å². The second kappa shape index (κ2) is 10.0. The second-order valence-electron chi connectivity index (χ2n) is 6.54. The van der Waals surface area contributed by atoms with Crippen LogP contribution in [-0.4, -0.2) is 0 Å². The van der Waals surface area contributed by atoms with E-state index in [4.69, 9.17) is 0 Å². The van der Waals surface area contributed by atoms with E-state index >= 15 is 0 Å². The third-order valence-electron chi connectivity index (χ3n) is 4.54. The maximum absolute atomic E-state index is 2.38. The van der Waals surface area contributed by atoms with Gasteiger partial charge in [0.1, 0.15) is 0 Å². The summed E-state index contributed by atoms with van der Waals surface area (Å²) in [7, 11) is 0. The molecule has 0 radical (unpaired) electrons. The van der Waals surface area contributed by atoms with Gasteiger partial charge in [-0.2, -0.15) is 0 Å². The fraction of sp³-hybridized carbons (Fsp3) is 0.700. The quantitative estimate of drug-likeness (QED) is 0.408. The molecule has 0 fully saturated rings. The zero-order valence-corrected chi connectivity index (χ0v) is 14.1. The van der Waals surface area contributed by atoms with E-state index in [1.165, 1.54) is 62.5 Å². The Morgan fingerprint density at radius 3 is 1.90 bits per heavy atom. The Balaban J connectivity index is 2.24. The molecule has 0 saturated heterocycles. The molecule has 20 heavy (non-hydrogen) atoms. The summed E-state index contributed by atoms with van der Waals surface area (Å²) in [5.74, 6) is 1.70. The van der Waals surface area contributed by atoms with E-state index in [1.807, 2.05) is 0 Å². The summed E-state index contributed by atoms with van der Waals surface area (Å²) >= 11 is 0. The minimum Gasteiger partial charge on any atom is -0.0654 e. The normalized spacial score (nSPS) is 12.8. The van der Waals surface area contributed by atoms with Gasteiger partial charge in [0.05, 0.1) is 0 Å². The average molecular weight is 274 g/mol. The summed E-state index contributed by atoms with van der Waals surface area (Å²) in [6, 6.07) is 9.09. The van der Waals surface area contributed by atoms with Crippen LogP contribution in [0.15, 0.2) is 24.3 Å². The molecule has 0 nitrogen and oxygen atoms in total. The Morgan fingerprint density at radius 1 is 0.800 bits per heavy atom. The number of unbranched alkanes of at least 4 members (excludes halogenated alkanes) is 1. The molecule has 0 aliphatic heterocycles. The number of benzene rings is 1. The summed E-state index contributed by atoms with van der Waals surface area (Å²) in [4.78, 5) is 0. The molecule has 1 atom stereocenters. The van der Waals surface area contributed by atoms with Gasteiger partial charge in [0, 0.05) is 0 Å². The van der Waals surface area contributed by atoms with Crippen molar-refractivity contribution in [3.63, 3.8) is 0 Å². The van der Waals surface area contributed by atoms with Crippen LogP contribution >= 0.6 is 0 Å². The molecule has 0 heterocycles. The van der Waals surface area contributed by atoms with Crippen LogP contribution in [-0.2, 0) is 0 Å². The Morgan fingerprint density at radius 2 is 1.35 bits per heavy atom. The van der Waals surface area contributed by atoms with E-state index in [9.17, 15) is 0 Å². The van der Waals surface area contributed by atoms with Gasteiger partial charge >= 0.3 is 0 Å². The molecule has 0 aliphatic carbocycles. The molecule has 1 rings (SSSR count). The third-order valence-corrected chi connectivity index (χ3v) is 4.54. The number of hydrogen-bond acceptors (Lipinski definition) is 0. The van der Waals surface area contributed by atoms with Crippen molar-refractivity contribution in [2.75, 3.05) is 0 Å². The monoisotopic (exact) mass is 274 g/mol. The number of rotatable bonds is 10. The summed E-state index contributed by atoms with van der Waals surface area (Å²) in [6.45, 7) is 9.18. The summed E-state index contributed by atoms with van der Waals surface area (Å²) in [5, 5.41) is 0. The first-order valence-corrected chi connectivity index (χ1v) is 8.73. The lowest BCUT2D eigenvalue weighted by atomic mass is 9.90. The standard InChI is InChI=1S/C20H34/c1-5-9-19(10-6-2)12-8-7-11-18(4)20-15-13-17(3)14-16-20/h13-16,18-19H,5-12H2,1-4H3. The Bertz CT molecular complexity index is 330. The number of hydrogen-bond donors (Lipinski definition) is 0. The molecule has 114 valence electrons.